The Kier molecular flexibility index (Phi) is 2.76. The lowest BCUT2D eigenvalue weighted by molar-refractivity contribution is 0.160. The average molecular weight is 198 g/mol. The molecule has 0 unspecified atom stereocenters. The molecule has 0 amide bonds. The van der Waals surface area contributed by atoms with E-state index in [9.17, 15) is 0 Å². The van der Waals surface area contributed by atoms with Crippen LogP contribution in [0.1, 0.15) is 0 Å². The van der Waals surface area contributed by atoms with Gasteiger partial charge in [0, 0.05) is 11.5 Å². The molecule has 72 valence electrons. The average Bonchev–Trinajstić information content (AvgIpc) is 2.20. The molecule has 0 radical (unpaired) electrons. The molecule has 0 spiro atoms. The quantitative estimate of drug-likeness (QED) is 0.674. The van der Waals surface area contributed by atoms with Crippen molar-refractivity contribution >= 4 is 10.9 Å². The monoisotopic (exact) mass is 198 g/mol. The molecule has 0 bridgehead atoms. The fraction of sp³-hybridized carbons (Fsp3) is 0.400. The molecule has 1 aromatic rings. The zero-order valence-corrected chi connectivity index (χ0v) is 8.33. The molecule has 1 aliphatic rings. The lowest BCUT2D eigenvalue weighted by atomic mass is 10.3. The van der Waals surface area contributed by atoms with Crippen LogP contribution in [0, 0.1) is 0 Å². The number of phenolic OH excluding ortho intramolecular Hbond substituents is 1. The van der Waals surface area contributed by atoms with Crippen LogP contribution < -0.4 is 0 Å². The fourth-order valence-corrected chi connectivity index (χ4v) is 3.49. The molecule has 0 aromatic heterocycles. The SMILES string of the molecule is Oc1ccc([SH]2CCOCC2)cc1. The van der Waals surface area contributed by atoms with Gasteiger partial charge in [0.05, 0.1) is 13.2 Å². The highest BCUT2D eigenvalue weighted by molar-refractivity contribution is 8.17. The number of aromatic hydroxyl groups is 1. The molecule has 13 heavy (non-hydrogen) atoms. The van der Waals surface area contributed by atoms with E-state index in [4.69, 9.17) is 9.84 Å². The first-order valence-electron chi connectivity index (χ1n) is 4.48. The number of hydrogen-bond donors (Lipinski definition) is 2. The number of benzene rings is 1. The van der Waals surface area contributed by atoms with Crippen LogP contribution in [0.2, 0.25) is 0 Å². The van der Waals surface area contributed by atoms with Gasteiger partial charge < -0.3 is 9.84 Å². The largest absolute Gasteiger partial charge is 0.508 e. The maximum Gasteiger partial charge on any atom is 0.115 e. The summed E-state index contributed by atoms with van der Waals surface area (Å²) in [5, 5.41) is 9.14. The van der Waals surface area contributed by atoms with E-state index in [1.54, 1.807) is 12.1 Å². The van der Waals surface area contributed by atoms with Crippen LogP contribution in [0.5, 0.6) is 5.75 Å². The normalized spacial score (nSPS) is 20.2. The first kappa shape index (κ1) is 8.91. The summed E-state index contributed by atoms with van der Waals surface area (Å²) < 4.78 is 5.31. The third kappa shape index (κ3) is 2.17. The van der Waals surface area contributed by atoms with Crippen molar-refractivity contribution < 1.29 is 9.84 Å². The highest BCUT2D eigenvalue weighted by Gasteiger charge is 2.11. The summed E-state index contributed by atoms with van der Waals surface area (Å²) in [4.78, 5) is 1.39. The number of hydrogen-bond acceptors (Lipinski definition) is 2. The zero-order chi connectivity index (χ0) is 9.10. The maximum absolute atomic E-state index is 9.14. The predicted molar refractivity (Wildman–Crippen MR) is 55.9 cm³/mol. The minimum Gasteiger partial charge on any atom is -0.508 e. The minimum absolute atomic E-state index is 0.0153. The molecule has 1 aliphatic heterocycles. The van der Waals surface area contributed by atoms with Gasteiger partial charge in [0.25, 0.3) is 0 Å². The summed E-state index contributed by atoms with van der Waals surface area (Å²) in [6.45, 7) is 1.79. The number of thiol groups is 1. The first-order chi connectivity index (χ1) is 6.36. The molecule has 1 heterocycles. The Morgan fingerprint density at radius 2 is 1.69 bits per heavy atom. The third-order valence-corrected chi connectivity index (χ3v) is 4.70. The van der Waals surface area contributed by atoms with Gasteiger partial charge in [0.2, 0.25) is 0 Å². The Balaban J connectivity index is 2.10. The number of rotatable bonds is 1. The van der Waals surface area contributed by atoms with E-state index in [1.807, 2.05) is 12.1 Å². The molecule has 0 saturated carbocycles. The molecule has 1 saturated heterocycles. The van der Waals surface area contributed by atoms with E-state index in [0.717, 1.165) is 13.2 Å². The number of phenols is 1. The summed E-state index contributed by atoms with van der Waals surface area (Å²) in [6.07, 6.45) is 0. The van der Waals surface area contributed by atoms with Gasteiger partial charge in [-0.2, -0.15) is 0 Å². The van der Waals surface area contributed by atoms with Crippen molar-refractivity contribution in [1.82, 2.24) is 0 Å². The summed E-state index contributed by atoms with van der Waals surface area (Å²) in [5.41, 5.74) is 0. The summed E-state index contributed by atoms with van der Waals surface area (Å²) in [5.74, 6) is 2.69. The Morgan fingerprint density at radius 3 is 2.31 bits per heavy atom. The van der Waals surface area contributed by atoms with Gasteiger partial charge >= 0.3 is 0 Å². The van der Waals surface area contributed by atoms with Crippen LogP contribution in [-0.4, -0.2) is 29.8 Å². The standard InChI is InChI=1S/C10H14O2S/c11-9-1-3-10(4-2-9)13-7-5-12-6-8-13/h1-4,11,13H,5-8H2. The second-order valence-corrected chi connectivity index (χ2v) is 5.61. The fourth-order valence-electron chi connectivity index (χ4n) is 1.49. The lowest BCUT2D eigenvalue weighted by Crippen LogP contribution is -2.14. The number of ether oxygens (including phenoxy) is 1. The van der Waals surface area contributed by atoms with Crippen molar-refractivity contribution in [2.75, 3.05) is 24.7 Å². The van der Waals surface area contributed by atoms with Gasteiger partial charge in [-0.05, 0) is 29.2 Å². The third-order valence-electron chi connectivity index (χ3n) is 2.23. The molecule has 1 aromatic carbocycles. The van der Waals surface area contributed by atoms with Gasteiger partial charge in [-0.1, -0.05) is 0 Å². The van der Waals surface area contributed by atoms with Crippen molar-refractivity contribution in [2.24, 2.45) is 0 Å². The van der Waals surface area contributed by atoms with Gasteiger partial charge in [-0.25, -0.2) is 10.9 Å². The molecule has 2 nitrogen and oxygen atoms in total. The van der Waals surface area contributed by atoms with Crippen molar-refractivity contribution in [3.63, 3.8) is 0 Å². The molecule has 3 heteroatoms. The zero-order valence-electron chi connectivity index (χ0n) is 7.44. The summed E-state index contributed by atoms with van der Waals surface area (Å²) >= 11 is 0. The Morgan fingerprint density at radius 1 is 1.08 bits per heavy atom. The van der Waals surface area contributed by atoms with E-state index in [1.165, 1.54) is 16.4 Å². The second kappa shape index (κ2) is 4.03. The molecule has 1 fully saturated rings. The van der Waals surface area contributed by atoms with Crippen molar-refractivity contribution in [1.29, 1.82) is 0 Å². The highest BCUT2D eigenvalue weighted by Crippen LogP contribution is 2.37. The first-order valence-corrected chi connectivity index (χ1v) is 6.19. The summed E-state index contributed by atoms with van der Waals surface area (Å²) in [7, 11) is -0.0153. The van der Waals surface area contributed by atoms with E-state index in [2.05, 4.69) is 0 Å². The predicted octanol–water partition coefficient (Wildman–Crippen LogP) is 1.78. The molecular formula is C10H14O2S. The van der Waals surface area contributed by atoms with E-state index < -0.39 is 0 Å². The van der Waals surface area contributed by atoms with Crippen molar-refractivity contribution in [3.05, 3.63) is 24.3 Å². The van der Waals surface area contributed by atoms with Crippen molar-refractivity contribution in [3.8, 4) is 5.75 Å². The minimum atomic E-state index is -0.0153. The second-order valence-electron chi connectivity index (χ2n) is 3.12. The van der Waals surface area contributed by atoms with E-state index in [-0.39, 0.29) is 10.9 Å². The molecule has 0 atom stereocenters. The smallest absolute Gasteiger partial charge is 0.115 e. The topological polar surface area (TPSA) is 29.5 Å². The van der Waals surface area contributed by atoms with Gasteiger partial charge in [-0.15, -0.1) is 0 Å². The van der Waals surface area contributed by atoms with Gasteiger partial charge in [-0.3, -0.25) is 0 Å². The Hall–Kier alpha value is -0.670. The van der Waals surface area contributed by atoms with Gasteiger partial charge in [0.15, 0.2) is 0 Å². The van der Waals surface area contributed by atoms with E-state index in [0.29, 0.717) is 5.75 Å². The highest BCUT2D eigenvalue weighted by atomic mass is 32.2. The van der Waals surface area contributed by atoms with Crippen LogP contribution in [0.15, 0.2) is 29.2 Å². The Bertz CT molecular complexity index is 265. The Labute approximate surface area is 80.9 Å². The molecule has 0 aliphatic carbocycles. The van der Waals surface area contributed by atoms with Crippen LogP contribution in [-0.2, 0) is 4.74 Å². The van der Waals surface area contributed by atoms with E-state index >= 15 is 0 Å². The lowest BCUT2D eigenvalue weighted by Gasteiger charge is -2.26. The molecule has 1 N–H and O–H groups in total. The van der Waals surface area contributed by atoms with Gasteiger partial charge in [0.1, 0.15) is 5.75 Å². The summed E-state index contributed by atoms with van der Waals surface area (Å²) in [6, 6.07) is 7.61. The van der Waals surface area contributed by atoms with Crippen LogP contribution in [0.25, 0.3) is 0 Å². The molecular weight excluding hydrogens is 184 g/mol. The van der Waals surface area contributed by atoms with Crippen LogP contribution >= 0.6 is 10.9 Å². The van der Waals surface area contributed by atoms with Crippen LogP contribution in [0.4, 0.5) is 0 Å². The molecule has 2 rings (SSSR count). The van der Waals surface area contributed by atoms with Crippen molar-refractivity contribution in [2.45, 2.75) is 4.90 Å². The van der Waals surface area contributed by atoms with Crippen LogP contribution in [0.3, 0.4) is 0 Å². The maximum atomic E-state index is 9.14.